The molecule has 0 fully saturated rings. The van der Waals surface area contributed by atoms with Gasteiger partial charge in [0.2, 0.25) is 0 Å². The van der Waals surface area contributed by atoms with E-state index in [0.29, 0.717) is 5.25 Å². The second kappa shape index (κ2) is 2.79. The zero-order valence-corrected chi connectivity index (χ0v) is 8.27. The fourth-order valence-corrected chi connectivity index (χ4v) is 2.44. The minimum atomic E-state index is -0.368. The molecule has 2 nitrogen and oxygen atoms in total. The number of nitrogens with zero attached hydrogens (tertiary/aromatic N) is 1. The van der Waals surface area contributed by atoms with Gasteiger partial charge in [0, 0.05) is 11.0 Å². The topological polar surface area (TPSA) is 32.6 Å². The Morgan fingerprint density at radius 2 is 2.27 bits per heavy atom. The minimum absolute atomic E-state index is 0.302. The first-order chi connectivity index (χ1) is 4.96. The highest BCUT2D eigenvalue weighted by molar-refractivity contribution is 8.02. The quantitative estimate of drug-likeness (QED) is 0.654. The third-order valence-electron chi connectivity index (χ3n) is 2.18. The van der Waals surface area contributed by atoms with Crippen molar-refractivity contribution < 1.29 is 5.11 Å². The number of hydrogen-bond acceptors (Lipinski definition) is 3. The number of rotatable bonds is 1. The van der Waals surface area contributed by atoms with E-state index in [4.69, 9.17) is 0 Å². The molecule has 3 heteroatoms. The highest BCUT2D eigenvalue weighted by Gasteiger charge is 2.37. The van der Waals surface area contributed by atoms with E-state index in [1.54, 1.807) is 18.7 Å². The van der Waals surface area contributed by atoms with E-state index >= 15 is 0 Å². The summed E-state index contributed by atoms with van der Waals surface area (Å²) < 4.78 is 0. The van der Waals surface area contributed by atoms with Gasteiger partial charge in [-0.2, -0.15) is 0 Å². The van der Waals surface area contributed by atoms with Crippen molar-refractivity contribution in [1.29, 1.82) is 0 Å². The molecule has 0 saturated heterocycles. The summed E-state index contributed by atoms with van der Waals surface area (Å²) in [6, 6.07) is 0. The summed E-state index contributed by atoms with van der Waals surface area (Å²) in [5.74, 6) is 0. The van der Waals surface area contributed by atoms with E-state index in [-0.39, 0.29) is 11.0 Å². The Morgan fingerprint density at radius 1 is 1.73 bits per heavy atom. The van der Waals surface area contributed by atoms with Crippen LogP contribution in [0, 0.1) is 0 Å². The van der Waals surface area contributed by atoms with Crippen LogP contribution in [0.5, 0.6) is 0 Å². The molecule has 0 aromatic rings. The van der Waals surface area contributed by atoms with Crippen LogP contribution in [0.1, 0.15) is 27.7 Å². The van der Waals surface area contributed by atoms with E-state index < -0.39 is 0 Å². The lowest BCUT2D eigenvalue weighted by molar-refractivity contribution is 0.158. The van der Waals surface area contributed by atoms with Gasteiger partial charge in [-0.15, -0.1) is 11.8 Å². The Kier molecular flexibility index (Phi) is 2.30. The van der Waals surface area contributed by atoms with Crippen molar-refractivity contribution in [2.75, 3.05) is 0 Å². The molecule has 0 aliphatic carbocycles. The lowest BCUT2D eigenvalue weighted by Gasteiger charge is -2.23. The molecular weight excluding hydrogens is 158 g/mol. The molecule has 1 aliphatic heterocycles. The van der Waals surface area contributed by atoms with Crippen LogP contribution in [0.3, 0.4) is 0 Å². The predicted molar refractivity (Wildman–Crippen MR) is 50.2 cm³/mol. The summed E-state index contributed by atoms with van der Waals surface area (Å²) >= 11 is 1.73. The molecule has 0 bridgehead atoms. The summed E-state index contributed by atoms with van der Waals surface area (Å²) in [5, 5.41) is 9.87. The van der Waals surface area contributed by atoms with Gasteiger partial charge in [-0.1, -0.05) is 0 Å². The Morgan fingerprint density at radius 3 is 2.45 bits per heavy atom. The van der Waals surface area contributed by atoms with E-state index in [1.165, 1.54) is 0 Å². The van der Waals surface area contributed by atoms with Crippen LogP contribution < -0.4 is 0 Å². The fourth-order valence-electron chi connectivity index (χ4n) is 1.10. The predicted octanol–water partition coefficient (Wildman–Crippen LogP) is 1.68. The van der Waals surface area contributed by atoms with Crippen molar-refractivity contribution in [2.45, 2.75) is 43.9 Å². The maximum absolute atomic E-state index is 9.42. The Hall–Kier alpha value is -0.0200. The molecule has 11 heavy (non-hydrogen) atoms. The average Bonchev–Trinajstić information content (AvgIpc) is 2.09. The van der Waals surface area contributed by atoms with Crippen molar-refractivity contribution in [3.63, 3.8) is 0 Å². The number of aliphatic hydroxyl groups excluding tert-OH is 1. The lowest BCUT2D eigenvalue weighted by Crippen LogP contribution is -2.29. The monoisotopic (exact) mass is 173 g/mol. The molecule has 1 heterocycles. The Balaban J connectivity index is 2.79. The molecule has 0 aromatic carbocycles. The number of aliphatic imine (C=N–C) groups is 1. The fraction of sp³-hybridized carbons (Fsp3) is 0.875. The molecular formula is C8H15NOS. The molecule has 0 saturated carbocycles. The van der Waals surface area contributed by atoms with Gasteiger partial charge in [0.1, 0.15) is 4.87 Å². The van der Waals surface area contributed by atoms with Crippen LogP contribution in [-0.2, 0) is 0 Å². The average molecular weight is 173 g/mol. The third-order valence-corrected chi connectivity index (χ3v) is 3.78. The molecule has 0 radical (unpaired) electrons. The van der Waals surface area contributed by atoms with Crippen LogP contribution in [-0.4, -0.2) is 27.0 Å². The third kappa shape index (κ3) is 1.59. The van der Waals surface area contributed by atoms with E-state index in [1.807, 2.05) is 13.8 Å². The van der Waals surface area contributed by atoms with Gasteiger partial charge in [0.05, 0.1) is 6.10 Å². The zero-order valence-electron chi connectivity index (χ0n) is 7.46. The lowest BCUT2D eigenvalue weighted by atomic mass is 10.2. The van der Waals surface area contributed by atoms with Gasteiger partial charge >= 0.3 is 0 Å². The van der Waals surface area contributed by atoms with E-state index in [0.717, 1.165) is 5.71 Å². The van der Waals surface area contributed by atoms with Crippen molar-refractivity contribution in [2.24, 2.45) is 4.99 Å². The first-order valence-corrected chi connectivity index (χ1v) is 4.76. The molecule has 0 aromatic heterocycles. The molecule has 1 N–H and O–H groups in total. The second-order valence-corrected chi connectivity index (χ2v) is 5.01. The second-order valence-electron chi connectivity index (χ2n) is 3.24. The van der Waals surface area contributed by atoms with Crippen molar-refractivity contribution >= 4 is 17.5 Å². The minimum Gasteiger partial charge on any atom is -0.390 e. The van der Waals surface area contributed by atoms with Crippen LogP contribution >= 0.6 is 11.8 Å². The smallest absolute Gasteiger partial charge is 0.129 e. The maximum atomic E-state index is 9.42. The molecule has 0 spiro atoms. The first-order valence-electron chi connectivity index (χ1n) is 3.88. The van der Waals surface area contributed by atoms with Gasteiger partial charge < -0.3 is 5.11 Å². The van der Waals surface area contributed by atoms with Gasteiger partial charge in [0.15, 0.2) is 0 Å². The Bertz CT molecular complexity index is 191. The molecule has 0 amide bonds. The standard InChI is InChI=1S/C8H15NOS/c1-5-6(2)11-8(4,9-5)7(3)10/h6-7,10H,1-4H3. The van der Waals surface area contributed by atoms with Crippen molar-refractivity contribution in [3.05, 3.63) is 0 Å². The highest BCUT2D eigenvalue weighted by atomic mass is 32.2. The molecule has 1 aliphatic rings. The van der Waals surface area contributed by atoms with E-state index in [2.05, 4.69) is 11.9 Å². The number of thioether (sulfide) groups is 1. The molecule has 1 rings (SSSR count). The van der Waals surface area contributed by atoms with Crippen LogP contribution in [0.25, 0.3) is 0 Å². The van der Waals surface area contributed by atoms with Crippen LogP contribution in [0.2, 0.25) is 0 Å². The zero-order chi connectivity index (χ0) is 8.65. The van der Waals surface area contributed by atoms with Gasteiger partial charge in [-0.25, -0.2) is 0 Å². The molecule has 64 valence electrons. The number of aliphatic hydroxyl groups is 1. The maximum Gasteiger partial charge on any atom is 0.129 e. The van der Waals surface area contributed by atoms with Crippen molar-refractivity contribution in [3.8, 4) is 0 Å². The highest BCUT2D eigenvalue weighted by Crippen LogP contribution is 2.39. The summed E-state index contributed by atoms with van der Waals surface area (Å²) in [7, 11) is 0. The van der Waals surface area contributed by atoms with Crippen LogP contribution in [0.15, 0.2) is 4.99 Å². The SMILES string of the molecule is CC1=NC(C)(C(C)O)SC1C. The molecule has 3 unspecified atom stereocenters. The number of hydrogen-bond donors (Lipinski definition) is 1. The van der Waals surface area contributed by atoms with Crippen molar-refractivity contribution in [1.82, 2.24) is 0 Å². The summed E-state index contributed by atoms with van der Waals surface area (Å²) in [5.41, 5.74) is 1.14. The normalized spacial score (nSPS) is 40.5. The Labute approximate surface area is 72.1 Å². The summed E-state index contributed by atoms with van der Waals surface area (Å²) in [4.78, 5) is 4.13. The molecule has 3 atom stereocenters. The van der Waals surface area contributed by atoms with Gasteiger partial charge in [-0.05, 0) is 27.7 Å². The van der Waals surface area contributed by atoms with Crippen LogP contribution in [0.4, 0.5) is 0 Å². The summed E-state index contributed by atoms with van der Waals surface area (Å²) in [6.07, 6.45) is -0.368. The summed E-state index contributed by atoms with van der Waals surface area (Å²) in [6.45, 7) is 7.92. The first kappa shape index (κ1) is 9.07. The van der Waals surface area contributed by atoms with E-state index in [9.17, 15) is 5.11 Å². The van der Waals surface area contributed by atoms with Gasteiger partial charge in [0.25, 0.3) is 0 Å². The largest absolute Gasteiger partial charge is 0.390 e. The van der Waals surface area contributed by atoms with Gasteiger partial charge in [-0.3, -0.25) is 4.99 Å².